The average molecular weight is 349 g/mol. The van der Waals surface area contributed by atoms with Gasteiger partial charge in [-0.1, -0.05) is 35.3 Å². The fourth-order valence-electron chi connectivity index (χ4n) is 2.29. The summed E-state index contributed by atoms with van der Waals surface area (Å²) in [5.74, 6) is 0.887. The van der Waals surface area contributed by atoms with Gasteiger partial charge in [-0.15, -0.1) is 10.2 Å². The molecule has 0 aliphatic carbocycles. The number of nitro groups is 1. The van der Waals surface area contributed by atoms with Crippen molar-refractivity contribution >= 4 is 28.9 Å². The van der Waals surface area contributed by atoms with E-state index < -0.39 is 4.92 Å². The van der Waals surface area contributed by atoms with E-state index in [0.717, 1.165) is 0 Å². The van der Waals surface area contributed by atoms with Gasteiger partial charge >= 0.3 is 0 Å². The Bertz CT molecular complexity index is 908. The van der Waals surface area contributed by atoms with Crippen LogP contribution in [0.5, 0.6) is 0 Å². The molecule has 0 radical (unpaired) electrons. The van der Waals surface area contributed by atoms with Gasteiger partial charge in [0.15, 0.2) is 11.6 Å². The van der Waals surface area contributed by atoms with Crippen LogP contribution in [0.2, 0.25) is 10.0 Å². The second kappa shape index (κ2) is 5.98. The van der Waals surface area contributed by atoms with Crippen molar-refractivity contribution in [2.24, 2.45) is 7.05 Å². The number of hydrogen-bond donors (Lipinski definition) is 0. The lowest BCUT2D eigenvalue weighted by molar-refractivity contribution is -0.384. The number of nitrogens with zero attached hydrogens (tertiary/aromatic N) is 4. The Hall–Kier alpha value is -2.44. The second-order valence-electron chi connectivity index (χ2n) is 4.80. The zero-order chi connectivity index (χ0) is 16.6. The highest BCUT2D eigenvalue weighted by molar-refractivity contribution is 6.36. The minimum absolute atomic E-state index is 0.0308. The summed E-state index contributed by atoms with van der Waals surface area (Å²) in [5, 5.41) is 20.3. The van der Waals surface area contributed by atoms with Crippen molar-refractivity contribution in [1.82, 2.24) is 14.8 Å². The molecule has 0 saturated heterocycles. The second-order valence-corrected chi connectivity index (χ2v) is 5.65. The summed E-state index contributed by atoms with van der Waals surface area (Å²) >= 11 is 12.1. The van der Waals surface area contributed by atoms with Gasteiger partial charge in [-0.2, -0.15) is 0 Å². The van der Waals surface area contributed by atoms with Crippen LogP contribution in [0.15, 0.2) is 42.5 Å². The van der Waals surface area contributed by atoms with Crippen LogP contribution in [0.25, 0.3) is 22.8 Å². The molecule has 1 heterocycles. The van der Waals surface area contributed by atoms with Crippen LogP contribution >= 0.6 is 23.2 Å². The molecular weight excluding hydrogens is 339 g/mol. The van der Waals surface area contributed by atoms with Crippen molar-refractivity contribution in [3.63, 3.8) is 0 Å². The van der Waals surface area contributed by atoms with Crippen molar-refractivity contribution in [2.45, 2.75) is 0 Å². The van der Waals surface area contributed by atoms with Gasteiger partial charge in [0.05, 0.1) is 15.5 Å². The number of hydrogen-bond acceptors (Lipinski definition) is 4. The Morgan fingerprint density at radius 2 is 1.70 bits per heavy atom. The topological polar surface area (TPSA) is 73.8 Å². The first-order valence-electron chi connectivity index (χ1n) is 6.57. The first kappa shape index (κ1) is 15.5. The van der Waals surface area contributed by atoms with Gasteiger partial charge in [0.1, 0.15) is 0 Å². The summed E-state index contributed by atoms with van der Waals surface area (Å²) in [6.07, 6.45) is 0. The predicted molar refractivity (Wildman–Crippen MR) is 88.5 cm³/mol. The molecule has 6 nitrogen and oxygen atoms in total. The zero-order valence-corrected chi connectivity index (χ0v) is 13.4. The molecule has 8 heteroatoms. The van der Waals surface area contributed by atoms with E-state index in [-0.39, 0.29) is 5.69 Å². The zero-order valence-electron chi connectivity index (χ0n) is 11.9. The molecule has 116 valence electrons. The molecular formula is C15H10Cl2N4O2. The van der Waals surface area contributed by atoms with Gasteiger partial charge in [0.25, 0.3) is 5.69 Å². The van der Waals surface area contributed by atoms with Crippen LogP contribution in [-0.4, -0.2) is 19.7 Å². The molecule has 0 bridgehead atoms. The van der Waals surface area contributed by atoms with Gasteiger partial charge in [-0.05, 0) is 24.3 Å². The molecule has 3 aromatic rings. The standard InChI is InChI=1S/C15H10Cl2N4O2/c1-20-14(10-7-6-9(16)8-12(10)17)18-19-15(20)11-4-2-3-5-13(11)21(22)23/h2-8H,1H3. The molecule has 0 aliphatic rings. The molecule has 0 atom stereocenters. The summed E-state index contributed by atoms with van der Waals surface area (Å²) in [6.45, 7) is 0. The third-order valence-corrected chi connectivity index (χ3v) is 3.94. The molecule has 1 aromatic heterocycles. The normalized spacial score (nSPS) is 10.7. The van der Waals surface area contributed by atoms with Crippen molar-refractivity contribution in [3.05, 3.63) is 62.6 Å². The summed E-state index contributed by atoms with van der Waals surface area (Å²) in [7, 11) is 1.73. The number of aromatic nitrogens is 3. The number of benzene rings is 2. The van der Waals surface area contributed by atoms with Gasteiger partial charge in [-0.25, -0.2) is 0 Å². The number of halogens is 2. The first-order valence-corrected chi connectivity index (χ1v) is 7.33. The molecule has 0 fully saturated rings. The van der Waals surface area contributed by atoms with Crippen LogP contribution in [0.4, 0.5) is 5.69 Å². The Morgan fingerprint density at radius 3 is 2.35 bits per heavy atom. The van der Waals surface area contributed by atoms with Gasteiger partial charge in [-0.3, -0.25) is 10.1 Å². The smallest absolute Gasteiger partial charge is 0.280 e. The number of rotatable bonds is 3. The van der Waals surface area contributed by atoms with Crippen LogP contribution in [0, 0.1) is 10.1 Å². The first-order chi connectivity index (χ1) is 11.0. The largest absolute Gasteiger partial charge is 0.310 e. The summed E-state index contributed by atoms with van der Waals surface area (Å²) in [4.78, 5) is 10.7. The maximum absolute atomic E-state index is 11.2. The van der Waals surface area contributed by atoms with E-state index in [0.29, 0.717) is 32.8 Å². The Morgan fingerprint density at radius 1 is 1.04 bits per heavy atom. The molecule has 0 spiro atoms. The monoisotopic (exact) mass is 348 g/mol. The Balaban J connectivity index is 2.16. The van der Waals surface area contributed by atoms with Gasteiger partial charge in [0.2, 0.25) is 0 Å². The third-order valence-electron chi connectivity index (χ3n) is 3.39. The van der Waals surface area contributed by atoms with Crippen LogP contribution < -0.4 is 0 Å². The van der Waals surface area contributed by atoms with Gasteiger partial charge < -0.3 is 4.57 Å². The molecule has 23 heavy (non-hydrogen) atoms. The van der Waals surface area contributed by atoms with E-state index in [1.165, 1.54) is 6.07 Å². The highest BCUT2D eigenvalue weighted by atomic mass is 35.5. The molecule has 2 aromatic carbocycles. The minimum atomic E-state index is -0.445. The molecule has 0 unspecified atom stereocenters. The number of para-hydroxylation sites is 1. The maximum atomic E-state index is 11.2. The third kappa shape index (κ3) is 2.78. The van der Waals surface area contributed by atoms with Crippen molar-refractivity contribution in [3.8, 4) is 22.8 Å². The van der Waals surface area contributed by atoms with E-state index in [1.807, 2.05) is 0 Å². The SMILES string of the molecule is Cn1c(-c2ccc(Cl)cc2Cl)nnc1-c1ccccc1[N+](=O)[O-]. The van der Waals surface area contributed by atoms with Crippen molar-refractivity contribution in [2.75, 3.05) is 0 Å². The summed E-state index contributed by atoms with van der Waals surface area (Å²) < 4.78 is 1.66. The van der Waals surface area contributed by atoms with Gasteiger partial charge in [0, 0.05) is 23.7 Å². The van der Waals surface area contributed by atoms with Crippen LogP contribution in [0.1, 0.15) is 0 Å². The Labute approximate surface area is 141 Å². The van der Waals surface area contributed by atoms with E-state index in [9.17, 15) is 10.1 Å². The predicted octanol–water partition coefficient (Wildman–Crippen LogP) is 4.36. The Kier molecular flexibility index (Phi) is 4.02. The molecule has 0 N–H and O–H groups in total. The van der Waals surface area contributed by atoms with E-state index in [4.69, 9.17) is 23.2 Å². The van der Waals surface area contributed by atoms with E-state index in [1.54, 1.807) is 48.0 Å². The molecule has 0 aliphatic heterocycles. The highest BCUT2D eigenvalue weighted by Gasteiger charge is 2.21. The molecule has 0 amide bonds. The van der Waals surface area contributed by atoms with Crippen LogP contribution in [0.3, 0.4) is 0 Å². The fraction of sp³-hybridized carbons (Fsp3) is 0.0667. The minimum Gasteiger partial charge on any atom is -0.310 e. The van der Waals surface area contributed by atoms with Crippen molar-refractivity contribution < 1.29 is 4.92 Å². The highest BCUT2D eigenvalue weighted by Crippen LogP contribution is 2.33. The van der Waals surface area contributed by atoms with E-state index >= 15 is 0 Å². The summed E-state index contributed by atoms with van der Waals surface area (Å²) in [6, 6.07) is 11.4. The molecule has 3 rings (SSSR count). The fourth-order valence-corrected chi connectivity index (χ4v) is 2.78. The quantitative estimate of drug-likeness (QED) is 0.520. The van der Waals surface area contributed by atoms with Crippen molar-refractivity contribution in [1.29, 1.82) is 0 Å². The van der Waals surface area contributed by atoms with Crippen LogP contribution in [-0.2, 0) is 7.05 Å². The lowest BCUT2D eigenvalue weighted by atomic mass is 10.1. The maximum Gasteiger partial charge on any atom is 0.280 e. The average Bonchev–Trinajstić information content (AvgIpc) is 2.89. The molecule has 0 saturated carbocycles. The summed E-state index contributed by atoms with van der Waals surface area (Å²) in [5.41, 5.74) is 1.01. The lowest BCUT2D eigenvalue weighted by Gasteiger charge is -2.06. The number of nitro benzene ring substituents is 1. The van der Waals surface area contributed by atoms with E-state index in [2.05, 4.69) is 10.2 Å². The lowest BCUT2D eigenvalue weighted by Crippen LogP contribution is -1.99.